The number of hydrogen-bond donors (Lipinski definition) is 4. The molecule has 0 aliphatic carbocycles. The summed E-state index contributed by atoms with van der Waals surface area (Å²) in [6.07, 6.45) is 4.64. The first-order valence-electron chi connectivity index (χ1n) is 7.23. The van der Waals surface area contributed by atoms with Crippen LogP contribution in [0, 0.1) is 0 Å². The third-order valence-corrected chi connectivity index (χ3v) is 3.91. The third-order valence-electron chi connectivity index (χ3n) is 3.22. The SMILES string of the molecule is Nc1c(NNC(=O)c2ccccc2Br)ncnc1Nc1cccnc1. The van der Waals surface area contributed by atoms with Crippen molar-refractivity contribution in [3.63, 3.8) is 0 Å². The smallest absolute Gasteiger partial charge is 0.270 e. The molecule has 0 fully saturated rings. The number of anilines is 4. The van der Waals surface area contributed by atoms with Crippen molar-refractivity contribution in [1.82, 2.24) is 20.4 Å². The second-order valence-electron chi connectivity index (χ2n) is 4.91. The third kappa shape index (κ3) is 4.01. The van der Waals surface area contributed by atoms with Gasteiger partial charge in [-0.15, -0.1) is 0 Å². The molecule has 2 heterocycles. The average Bonchev–Trinajstić information content (AvgIpc) is 2.63. The molecule has 0 bridgehead atoms. The Bertz CT molecular complexity index is 889. The lowest BCUT2D eigenvalue weighted by Gasteiger charge is -2.13. The number of rotatable bonds is 5. The number of nitrogens with two attached hydrogens (primary N) is 1. The molecule has 0 aliphatic heterocycles. The van der Waals surface area contributed by atoms with E-state index in [2.05, 4.69) is 47.1 Å². The number of pyridine rings is 1. The molecule has 0 unspecified atom stereocenters. The van der Waals surface area contributed by atoms with Crippen LogP contribution in [0.1, 0.15) is 10.4 Å². The Hall–Kier alpha value is -3.20. The summed E-state index contributed by atoms with van der Waals surface area (Å²) in [7, 11) is 0. The number of hydrogen-bond acceptors (Lipinski definition) is 7. The van der Waals surface area contributed by atoms with Gasteiger partial charge in [0.15, 0.2) is 11.6 Å². The Morgan fingerprint density at radius 3 is 2.64 bits per heavy atom. The molecular weight excluding hydrogens is 386 g/mol. The lowest BCUT2D eigenvalue weighted by atomic mass is 10.2. The molecule has 2 aromatic heterocycles. The maximum Gasteiger partial charge on any atom is 0.270 e. The molecule has 0 saturated carbocycles. The highest BCUT2D eigenvalue weighted by Gasteiger charge is 2.12. The quantitative estimate of drug-likeness (QED) is 0.487. The van der Waals surface area contributed by atoms with E-state index in [1.54, 1.807) is 36.7 Å². The van der Waals surface area contributed by atoms with Crippen molar-refractivity contribution in [3.05, 3.63) is 65.2 Å². The van der Waals surface area contributed by atoms with Gasteiger partial charge < -0.3 is 11.1 Å². The zero-order valence-electron chi connectivity index (χ0n) is 12.9. The summed E-state index contributed by atoms with van der Waals surface area (Å²) in [4.78, 5) is 24.4. The molecule has 126 valence electrons. The van der Waals surface area contributed by atoms with Crippen molar-refractivity contribution in [3.8, 4) is 0 Å². The molecule has 1 aromatic carbocycles. The van der Waals surface area contributed by atoms with Crippen LogP contribution in [0.5, 0.6) is 0 Å². The van der Waals surface area contributed by atoms with Crippen molar-refractivity contribution in [2.75, 3.05) is 16.5 Å². The zero-order chi connectivity index (χ0) is 17.6. The van der Waals surface area contributed by atoms with E-state index in [4.69, 9.17) is 5.73 Å². The minimum absolute atomic E-state index is 0.263. The molecule has 3 rings (SSSR count). The van der Waals surface area contributed by atoms with Crippen LogP contribution in [0.15, 0.2) is 59.6 Å². The molecule has 0 atom stereocenters. The lowest BCUT2D eigenvalue weighted by Crippen LogP contribution is -2.30. The highest BCUT2D eigenvalue weighted by molar-refractivity contribution is 9.10. The van der Waals surface area contributed by atoms with Gasteiger partial charge in [0.1, 0.15) is 12.0 Å². The first-order valence-corrected chi connectivity index (χ1v) is 8.03. The Morgan fingerprint density at radius 2 is 1.88 bits per heavy atom. The topological polar surface area (TPSA) is 118 Å². The Kier molecular flexibility index (Phi) is 5.05. The predicted octanol–water partition coefficient (Wildman–Crippen LogP) is 2.72. The van der Waals surface area contributed by atoms with Crippen molar-refractivity contribution in [2.45, 2.75) is 0 Å². The normalized spacial score (nSPS) is 10.1. The summed E-state index contributed by atoms with van der Waals surface area (Å²) in [6.45, 7) is 0. The van der Waals surface area contributed by atoms with E-state index in [0.29, 0.717) is 15.9 Å². The average molecular weight is 400 g/mol. The predicted molar refractivity (Wildman–Crippen MR) is 99.2 cm³/mol. The van der Waals surface area contributed by atoms with Crippen molar-refractivity contribution in [2.24, 2.45) is 0 Å². The number of amides is 1. The van der Waals surface area contributed by atoms with Crippen molar-refractivity contribution < 1.29 is 4.79 Å². The van der Waals surface area contributed by atoms with Gasteiger partial charge in [0.05, 0.1) is 17.4 Å². The molecule has 9 heteroatoms. The largest absolute Gasteiger partial charge is 0.393 e. The fourth-order valence-corrected chi connectivity index (χ4v) is 2.46. The summed E-state index contributed by atoms with van der Waals surface area (Å²) in [5.41, 5.74) is 12.8. The van der Waals surface area contributed by atoms with Crippen LogP contribution in [-0.4, -0.2) is 20.9 Å². The van der Waals surface area contributed by atoms with E-state index in [9.17, 15) is 4.79 Å². The summed E-state index contributed by atoms with van der Waals surface area (Å²) < 4.78 is 0.684. The zero-order valence-corrected chi connectivity index (χ0v) is 14.5. The highest BCUT2D eigenvalue weighted by Crippen LogP contribution is 2.25. The van der Waals surface area contributed by atoms with Crippen LogP contribution in [0.25, 0.3) is 0 Å². The first kappa shape index (κ1) is 16.7. The number of halogens is 1. The van der Waals surface area contributed by atoms with Crippen molar-refractivity contribution >= 4 is 44.8 Å². The molecule has 1 amide bonds. The Labute approximate surface area is 152 Å². The number of benzene rings is 1. The minimum atomic E-state index is -0.327. The molecule has 8 nitrogen and oxygen atoms in total. The molecular formula is C16H14BrN7O. The molecule has 3 aromatic rings. The summed E-state index contributed by atoms with van der Waals surface area (Å²) in [6, 6.07) is 10.7. The number of nitrogens with zero attached hydrogens (tertiary/aromatic N) is 3. The Morgan fingerprint density at radius 1 is 1.08 bits per heavy atom. The monoisotopic (exact) mass is 399 g/mol. The maximum absolute atomic E-state index is 12.2. The van der Waals surface area contributed by atoms with Crippen LogP contribution in [0.4, 0.5) is 23.0 Å². The molecule has 0 saturated heterocycles. The molecule has 0 spiro atoms. The van der Waals surface area contributed by atoms with Gasteiger partial charge in [0.25, 0.3) is 5.91 Å². The minimum Gasteiger partial charge on any atom is -0.393 e. The number of nitrogen functional groups attached to an aromatic ring is 1. The van der Waals surface area contributed by atoms with Gasteiger partial charge in [-0.05, 0) is 40.2 Å². The fraction of sp³-hybridized carbons (Fsp3) is 0. The van der Waals surface area contributed by atoms with Gasteiger partial charge >= 0.3 is 0 Å². The molecule has 0 radical (unpaired) electrons. The van der Waals surface area contributed by atoms with Gasteiger partial charge in [-0.25, -0.2) is 9.97 Å². The standard InChI is InChI=1S/C16H14BrN7O/c17-12-6-2-1-5-11(12)16(25)24-23-15-13(18)14(20-9-21-15)22-10-4-3-7-19-8-10/h1-9H,18H2,(H,24,25)(H2,20,21,22,23). The van der Waals surface area contributed by atoms with Crippen LogP contribution in [0.3, 0.4) is 0 Å². The van der Waals surface area contributed by atoms with E-state index in [1.807, 2.05) is 12.1 Å². The van der Waals surface area contributed by atoms with Crippen LogP contribution in [-0.2, 0) is 0 Å². The summed E-state index contributed by atoms with van der Waals surface area (Å²) in [5.74, 6) is 0.356. The van der Waals surface area contributed by atoms with Crippen LogP contribution in [0.2, 0.25) is 0 Å². The molecule has 25 heavy (non-hydrogen) atoms. The van der Waals surface area contributed by atoms with E-state index in [0.717, 1.165) is 5.69 Å². The first-order chi connectivity index (χ1) is 12.1. The van der Waals surface area contributed by atoms with Gasteiger partial charge in [-0.2, -0.15) is 0 Å². The second-order valence-corrected chi connectivity index (χ2v) is 5.76. The van der Waals surface area contributed by atoms with Crippen LogP contribution >= 0.6 is 15.9 Å². The summed E-state index contributed by atoms with van der Waals surface area (Å²) >= 11 is 3.33. The number of carbonyl (C=O) groups is 1. The highest BCUT2D eigenvalue weighted by atomic mass is 79.9. The number of aromatic nitrogens is 3. The van der Waals surface area contributed by atoms with Gasteiger partial charge in [0, 0.05) is 10.7 Å². The second kappa shape index (κ2) is 7.58. The fourth-order valence-electron chi connectivity index (χ4n) is 2.00. The molecule has 5 N–H and O–H groups in total. The number of nitrogens with one attached hydrogen (secondary N) is 3. The maximum atomic E-state index is 12.2. The lowest BCUT2D eigenvalue weighted by molar-refractivity contribution is 0.0962. The van der Waals surface area contributed by atoms with E-state index >= 15 is 0 Å². The van der Waals surface area contributed by atoms with Gasteiger partial charge in [-0.1, -0.05) is 12.1 Å². The van der Waals surface area contributed by atoms with Gasteiger partial charge in [0.2, 0.25) is 0 Å². The van der Waals surface area contributed by atoms with E-state index < -0.39 is 0 Å². The molecule has 0 aliphatic rings. The van der Waals surface area contributed by atoms with Crippen LogP contribution < -0.4 is 21.9 Å². The van der Waals surface area contributed by atoms with E-state index in [-0.39, 0.29) is 17.4 Å². The Balaban J connectivity index is 1.72. The van der Waals surface area contributed by atoms with Gasteiger partial charge in [-0.3, -0.25) is 20.6 Å². The van der Waals surface area contributed by atoms with Crippen molar-refractivity contribution in [1.29, 1.82) is 0 Å². The number of hydrazine groups is 1. The summed E-state index contributed by atoms with van der Waals surface area (Å²) in [5, 5.41) is 3.04. The van der Waals surface area contributed by atoms with E-state index in [1.165, 1.54) is 6.33 Å². The number of carbonyl (C=O) groups excluding carboxylic acids is 1.